The minimum Gasteiger partial charge on any atom is -0.396 e. The first kappa shape index (κ1) is 9.47. The molecule has 2 aliphatic rings. The van der Waals surface area contributed by atoms with Gasteiger partial charge in [-0.05, 0) is 38.5 Å². The van der Waals surface area contributed by atoms with Crippen molar-refractivity contribution in [1.29, 1.82) is 0 Å². The lowest BCUT2D eigenvalue weighted by Gasteiger charge is -2.61. The molecule has 0 aromatic carbocycles. The first-order valence-corrected chi connectivity index (χ1v) is 5.44. The molecule has 1 spiro atoms. The molecule has 13 heavy (non-hydrogen) atoms. The lowest BCUT2D eigenvalue weighted by atomic mass is 9.62. The summed E-state index contributed by atoms with van der Waals surface area (Å²) in [5, 5.41) is 8.94. The van der Waals surface area contributed by atoms with E-state index in [1.54, 1.807) is 0 Å². The summed E-state index contributed by atoms with van der Waals surface area (Å²) in [6.45, 7) is 7.36. The van der Waals surface area contributed by atoms with Crippen molar-refractivity contribution < 1.29 is 5.11 Å². The Bertz CT molecular complexity index is 188. The van der Waals surface area contributed by atoms with Crippen molar-refractivity contribution >= 4 is 0 Å². The number of aliphatic hydroxyl groups is 1. The Morgan fingerprint density at radius 2 is 1.92 bits per heavy atom. The van der Waals surface area contributed by atoms with E-state index in [0.29, 0.717) is 12.0 Å². The second-order valence-corrected chi connectivity index (χ2v) is 5.50. The fraction of sp³-hybridized carbons (Fsp3) is 1.00. The van der Waals surface area contributed by atoms with Gasteiger partial charge in [-0.2, -0.15) is 0 Å². The first-order valence-electron chi connectivity index (χ1n) is 5.44. The van der Waals surface area contributed by atoms with E-state index in [0.717, 1.165) is 6.42 Å². The number of aliphatic hydroxyl groups excluding tert-OH is 1. The lowest BCUT2D eigenvalue weighted by Crippen LogP contribution is -2.65. The average molecular weight is 183 g/mol. The van der Waals surface area contributed by atoms with Gasteiger partial charge in [0.25, 0.3) is 0 Å². The van der Waals surface area contributed by atoms with Crippen LogP contribution >= 0.6 is 0 Å². The van der Waals surface area contributed by atoms with Crippen LogP contribution in [-0.2, 0) is 0 Å². The van der Waals surface area contributed by atoms with Crippen LogP contribution in [0, 0.1) is 5.41 Å². The van der Waals surface area contributed by atoms with Crippen LogP contribution in [0.3, 0.4) is 0 Å². The van der Waals surface area contributed by atoms with Crippen LogP contribution < -0.4 is 0 Å². The smallest absolute Gasteiger partial charge is 0.0448 e. The first-order chi connectivity index (χ1) is 6.08. The third-order valence-corrected chi connectivity index (χ3v) is 4.05. The van der Waals surface area contributed by atoms with Crippen molar-refractivity contribution in [2.75, 3.05) is 19.7 Å². The van der Waals surface area contributed by atoms with E-state index in [1.165, 1.54) is 32.4 Å². The van der Waals surface area contributed by atoms with Gasteiger partial charge in [0.2, 0.25) is 0 Å². The van der Waals surface area contributed by atoms with Crippen LogP contribution in [-0.4, -0.2) is 35.2 Å². The van der Waals surface area contributed by atoms with Gasteiger partial charge in [0.05, 0.1) is 0 Å². The van der Waals surface area contributed by atoms with E-state index in [1.807, 2.05) is 0 Å². The monoisotopic (exact) mass is 183 g/mol. The normalized spacial score (nSPS) is 27.0. The molecule has 0 bridgehead atoms. The fourth-order valence-corrected chi connectivity index (χ4v) is 2.62. The highest BCUT2D eigenvalue weighted by atomic mass is 16.3. The number of hydrogen-bond acceptors (Lipinski definition) is 2. The number of nitrogens with zero attached hydrogens (tertiary/aromatic N) is 1. The predicted octanol–water partition coefficient (Wildman–Crippen LogP) is 1.63. The van der Waals surface area contributed by atoms with Crippen LogP contribution in [0.15, 0.2) is 0 Å². The maximum absolute atomic E-state index is 8.94. The summed E-state index contributed by atoms with van der Waals surface area (Å²) in [6, 6.07) is 0. The molecule has 0 aromatic rings. The quantitative estimate of drug-likeness (QED) is 0.719. The molecule has 2 rings (SSSR count). The second kappa shape index (κ2) is 2.96. The molecule has 1 heterocycles. The van der Waals surface area contributed by atoms with Crippen molar-refractivity contribution in [3.05, 3.63) is 0 Å². The molecule has 1 N–H and O–H groups in total. The minimum absolute atomic E-state index is 0.218. The third kappa shape index (κ3) is 1.50. The summed E-state index contributed by atoms with van der Waals surface area (Å²) in [7, 11) is 0. The molecule has 2 fully saturated rings. The number of hydrogen-bond donors (Lipinski definition) is 1. The molecule has 1 aliphatic heterocycles. The topological polar surface area (TPSA) is 23.5 Å². The maximum Gasteiger partial charge on any atom is 0.0448 e. The van der Waals surface area contributed by atoms with Gasteiger partial charge in [0, 0.05) is 25.2 Å². The van der Waals surface area contributed by atoms with Gasteiger partial charge in [-0.15, -0.1) is 0 Å². The molecule has 0 atom stereocenters. The van der Waals surface area contributed by atoms with Gasteiger partial charge < -0.3 is 5.11 Å². The van der Waals surface area contributed by atoms with Crippen molar-refractivity contribution in [2.45, 2.75) is 45.1 Å². The Morgan fingerprint density at radius 3 is 2.31 bits per heavy atom. The zero-order chi connectivity index (χ0) is 9.53. The predicted molar refractivity (Wildman–Crippen MR) is 53.6 cm³/mol. The standard InChI is InChI=1S/C11H21NO/c1-10(2,6-7-13)12-8-11(9-12)4-3-5-11/h13H,3-9H2,1-2H3. The van der Waals surface area contributed by atoms with Gasteiger partial charge >= 0.3 is 0 Å². The van der Waals surface area contributed by atoms with Crippen molar-refractivity contribution in [3.63, 3.8) is 0 Å². The van der Waals surface area contributed by atoms with Crippen LogP contribution in [0.1, 0.15) is 39.5 Å². The van der Waals surface area contributed by atoms with Gasteiger partial charge in [-0.3, -0.25) is 4.90 Å². The maximum atomic E-state index is 8.94. The Labute approximate surface area is 80.9 Å². The molecule has 76 valence electrons. The summed E-state index contributed by atoms with van der Waals surface area (Å²) in [5.41, 5.74) is 0.933. The molecule has 2 nitrogen and oxygen atoms in total. The molecule has 1 saturated carbocycles. The van der Waals surface area contributed by atoms with E-state index in [-0.39, 0.29) is 5.54 Å². The molecular weight excluding hydrogens is 162 g/mol. The highest BCUT2D eigenvalue weighted by Crippen LogP contribution is 2.50. The van der Waals surface area contributed by atoms with Crippen molar-refractivity contribution in [1.82, 2.24) is 4.90 Å². The van der Waals surface area contributed by atoms with E-state index in [9.17, 15) is 0 Å². The van der Waals surface area contributed by atoms with Gasteiger partial charge in [0.15, 0.2) is 0 Å². The largest absolute Gasteiger partial charge is 0.396 e. The Balaban J connectivity index is 1.84. The van der Waals surface area contributed by atoms with Crippen LogP contribution in [0.4, 0.5) is 0 Å². The molecule has 1 aliphatic carbocycles. The number of rotatable bonds is 3. The Kier molecular flexibility index (Phi) is 2.16. The fourth-order valence-electron chi connectivity index (χ4n) is 2.62. The molecule has 2 heteroatoms. The lowest BCUT2D eigenvalue weighted by molar-refractivity contribution is -0.113. The highest BCUT2D eigenvalue weighted by Gasteiger charge is 2.50. The summed E-state index contributed by atoms with van der Waals surface area (Å²) in [5.74, 6) is 0. The van der Waals surface area contributed by atoms with Gasteiger partial charge in [-0.25, -0.2) is 0 Å². The third-order valence-electron chi connectivity index (χ3n) is 4.05. The Hall–Kier alpha value is -0.0800. The molecule has 1 saturated heterocycles. The van der Waals surface area contributed by atoms with E-state index in [4.69, 9.17) is 5.11 Å². The summed E-state index contributed by atoms with van der Waals surface area (Å²) in [4.78, 5) is 2.53. The SMILES string of the molecule is CC(C)(CCO)N1CC2(CCC2)C1. The Morgan fingerprint density at radius 1 is 1.31 bits per heavy atom. The molecule has 0 aromatic heterocycles. The van der Waals surface area contributed by atoms with Gasteiger partial charge in [-0.1, -0.05) is 6.42 Å². The second-order valence-electron chi connectivity index (χ2n) is 5.50. The zero-order valence-electron chi connectivity index (χ0n) is 8.84. The van der Waals surface area contributed by atoms with Crippen LogP contribution in [0.25, 0.3) is 0 Å². The van der Waals surface area contributed by atoms with Gasteiger partial charge in [0.1, 0.15) is 0 Å². The molecular formula is C11H21NO. The summed E-state index contributed by atoms with van der Waals surface area (Å²) < 4.78 is 0. The molecule has 0 unspecified atom stereocenters. The summed E-state index contributed by atoms with van der Waals surface area (Å²) >= 11 is 0. The zero-order valence-corrected chi connectivity index (χ0v) is 8.84. The number of likely N-dealkylation sites (tertiary alicyclic amines) is 1. The molecule has 0 amide bonds. The summed E-state index contributed by atoms with van der Waals surface area (Å²) in [6.07, 6.45) is 5.23. The van der Waals surface area contributed by atoms with E-state index < -0.39 is 0 Å². The van der Waals surface area contributed by atoms with E-state index in [2.05, 4.69) is 18.7 Å². The van der Waals surface area contributed by atoms with Crippen LogP contribution in [0.2, 0.25) is 0 Å². The van der Waals surface area contributed by atoms with Crippen LogP contribution in [0.5, 0.6) is 0 Å². The minimum atomic E-state index is 0.218. The highest BCUT2D eigenvalue weighted by molar-refractivity contribution is 5.04. The average Bonchev–Trinajstić information content (AvgIpc) is 1.78. The molecule has 0 radical (unpaired) electrons. The van der Waals surface area contributed by atoms with E-state index >= 15 is 0 Å². The van der Waals surface area contributed by atoms with Crippen molar-refractivity contribution in [2.24, 2.45) is 5.41 Å². The van der Waals surface area contributed by atoms with Crippen molar-refractivity contribution in [3.8, 4) is 0 Å².